The first kappa shape index (κ1) is 13.9. The van der Waals surface area contributed by atoms with Crippen LogP contribution in [0.25, 0.3) is 0 Å². The Morgan fingerprint density at radius 1 is 1.31 bits per heavy atom. The van der Waals surface area contributed by atoms with Crippen LogP contribution in [0.5, 0.6) is 0 Å². The lowest BCUT2D eigenvalue weighted by Gasteiger charge is -2.36. The van der Waals surface area contributed by atoms with E-state index in [1.165, 1.54) is 6.42 Å². The van der Waals surface area contributed by atoms with E-state index >= 15 is 0 Å². The van der Waals surface area contributed by atoms with Gasteiger partial charge in [0.05, 0.1) is 13.2 Å². The Bertz CT molecular complexity index is 190. The topological polar surface area (TPSA) is 24.5 Å². The van der Waals surface area contributed by atoms with E-state index in [1.807, 2.05) is 0 Å². The van der Waals surface area contributed by atoms with Crippen molar-refractivity contribution in [2.45, 2.75) is 52.2 Å². The highest BCUT2D eigenvalue weighted by molar-refractivity contribution is 4.79. The van der Waals surface area contributed by atoms with Gasteiger partial charge >= 0.3 is 0 Å². The van der Waals surface area contributed by atoms with Crippen LogP contribution in [-0.2, 0) is 4.74 Å². The summed E-state index contributed by atoms with van der Waals surface area (Å²) in [4.78, 5) is 2.49. The van der Waals surface area contributed by atoms with Crippen LogP contribution in [0, 0.1) is 5.92 Å². The summed E-state index contributed by atoms with van der Waals surface area (Å²) in [6.07, 6.45) is 1.17. The molecule has 0 aromatic heterocycles. The van der Waals surface area contributed by atoms with Gasteiger partial charge in [0.15, 0.2) is 0 Å². The molecule has 1 N–H and O–H groups in total. The Morgan fingerprint density at radius 3 is 2.50 bits per heavy atom. The molecule has 1 aliphatic rings. The third-order valence-corrected chi connectivity index (χ3v) is 3.93. The monoisotopic (exact) mass is 228 g/mol. The van der Waals surface area contributed by atoms with E-state index in [9.17, 15) is 0 Å². The number of morpholine rings is 1. The molecule has 0 saturated carbocycles. The number of nitrogens with zero attached hydrogens (tertiary/aromatic N) is 1. The molecule has 1 aliphatic heterocycles. The molecule has 1 fully saturated rings. The van der Waals surface area contributed by atoms with E-state index in [2.05, 4.69) is 45.0 Å². The van der Waals surface area contributed by atoms with Gasteiger partial charge in [0, 0.05) is 24.7 Å². The number of rotatable bonds is 5. The highest BCUT2D eigenvalue weighted by atomic mass is 16.5. The van der Waals surface area contributed by atoms with E-state index < -0.39 is 0 Å². The van der Waals surface area contributed by atoms with Crippen LogP contribution in [0.2, 0.25) is 0 Å². The second-order valence-corrected chi connectivity index (χ2v) is 5.46. The maximum Gasteiger partial charge on any atom is 0.0620 e. The first-order valence-corrected chi connectivity index (χ1v) is 6.55. The van der Waals surface area contributed by atoms with Crippen molar-refractivity contribution in [3.63, 3.8) is 0 Å². The van der Waals surface area contributed by atoms with Crippen molar-refractivity contribution < 1.29 is 4.74 Å². The Kier molecular flexibility index (Phi) is 5.73. The van der Waals surface area contributed by atoms with Gasteiger partial charge in [-0.1, -0.05) is 13.8 Å². The number of hydrogen-bond donors (Lipinski definition) is 1. The maximum atomic E-state index is 5.49. The molecule has 0 radical (unpaired) electrons. The van der Waals surface area contributed by atoms with Crippen molar-refractivity contribution in [3.05, 3.63) is 0 Å². The molecule has 96 valence electrons. The molecule has 3 heteroatoms. The third kappa shape index (κ3) is 4.04. The Hall–Kier alpha value is -0.120. The van der Waals surface area contributed by atoms with Crippen LogP contribution in [0.15, 0.2) is 0 Å². The molecule has 0 aromatic rings. The molecule has 0 amide bonds. The van der Waals surface area contributed by atoms with Gasteiger partial charge in [0.1, 0.15) is 0 Å². The normalized spacial score (nSPS) is 26.1. The quantitative estimate of drug-likeness (QED) is 0.775. The van der Waals surface area contributed by atoms with E-state index in [4.69, 9.17) is 4.74 Å². The molecule has 3 unspecified atom stereocenters. The second-order valence-electron chi connectivity index (χ2n) is 5.46. The minimum absolute atomic E-state index is 0.533. The van der Waals surface area contributed by atoms with Gasteiger partial charge in [0.2, 0.25) is 0 Å². The first-order valence-electron chi connectivity index (χ1n) is 6.55. The Morgan fingerprint density at radius 2 is 2.00 bits per heavy atom. The van der Waals surface area contributed by atoms with Crippen LogP contribution >= 0.6 is 0 Å². The molecule has 0 aliphatic carbocycles. The smallest absolute Gasteiger partial charge is 0.0620 e. The number of nitrogens with one attached hydrogen (secondary N) is 1. The van der Waals surface area contributed by atoms with Gasteiger partial charge in [-0.2, -0.15) is 0 Å². The molecule has 1 heterocycles. The van der Waals surface area contributed by atoms with Gasteiger partial charge < -0.3 is 15.0 Å². The SMILES string of the molecule is CC(C)C(C)N(C)C(C)CC1COCCN1. The lowest BCUT2D eigenvalue weighted by Crippen LogP contribution is -2.47. The van der Waals surface area contributed by atoms with Crippen molar-refractivity contribution in [3.8, 4) is 0 Å². The fraction of sp³-hybridized carbons (Fsp3) is 1.00. The van der Waals surface area contributed by atoms with Crippen molar-refractivity contribution in [2.24, 2.45) is 5.92 Å². The van der Waals surface area contributed by atoms with Gasteiger partial charge in [-0.25, -0.2) is 0 Å². The summed E-state index contributed by atoms with van der Waals surface area (Å²) in [5.74, 6) is 0.711. The fourth-order valence-corrected chi connectivity index (χ4v) is 2.22. The molecule has 0 bridgehead atoms. The van der Waals surface area contributed by atoms with Crippen molar-refractivity contribution in [2.75, 3.05) is 26.8 Å². The lowest BCUT2D eigenvalue weighted by atomic mass is 10.0. The standard InChI is InChI=1S/C13H28N2O/c1-10(2)12(4)15(5)11(3)8-13-9-16-7-6-14-13/h10-14H,6-9H2,1-5H3. The second kappa shape index (κ2) is 6.58. The average Bonchev–Trinajstić information content (AvgIpc) is 2.28. The van der Waals surface area contributed by atoms with Crippen molar-refractivity contribution >= 4 is 0 Å². The highest BCUT2D eigenvalue weighted by Gasteiger charge is 2.22. The zero-order valence-corrected chi connectivity index (χ0v) is 11.5. The summed E-state index contributed by atoms with van der Waals surface area (Å²) in [6, 6.07) is 1.78. The number of hydrogen-bond acceptors (Lipinski definition) is 3. The maximum absolute atomic E-state index is 5.49. The van der Waals surface area contributed by atoms with Gasteiger partial charge in [0.25, 0.3) is 0 Å². The predicted octanol–water partition coefficient (Wildman–Crippen LogP) is 1.73. The molecule has 3 nitrogen and oxygen atoms in total. The van der Waals surface area contributed by atoms with Gasteiger partial charge in [-0.15, -0.1) is 0 Å². The van der Waals surface area contributed by atoms with Crippen molar-refractivity contribution in [1.29, 1.82) is 0 Å². The molecule has 0 aromatic carbocycles. The molecular weight excluding hydrogens is 200 g/mol. The summed E-state index contributed by atoms with van der Waals surface area (Å²) in [7, 11) is 2.24. The third-order valence-electron chi connectivity index (χ3n) is 3.93. The van der Waals surface area contributed by atoms with Crippen LogP contribution in [0.4, 0.5) is 0 Å². The summed E-state index contributed by atoms with van der Waals surface area (Å²) < 4.78 is 5.49. The van der Waals surface area contributed by atoms with Crippen LogP contribution < -0.4 is 5.32 Å². The van der Waals surface area contributed by atoms with Gasteiger partial charge in [-0.05, 0) is 33.2 Å². The molecule has 3 atom stereocenters. The zero-order valence-electron chi connectivity index (χ0n) is 11.5. The molecule has 1 rings (SSSR count). The summed E-state index contributed by atoms with van der Waals surface area (Å²) in [5.41, 5.74) is 0. The molecule has 1 saturated heterocycles. The van der Waals surface area contributed by atoms with E-state index in [-0.39, 0.29) is 0 Å². The summed E-state index contributed by atoms with van der Waals surface area (Å²) >= 11 is 0. The molecular formula is C13H28N2O. The van der Waals surface area contributed by atoms with E-state index in [1.54, 1.807) is 0 Å². The summed E-state index contributed by atoms with van der Waals surface area (Å²) in [5, 5.41) is 3.52. The fourth-order valence-electron chi connectivity index (χ4n) is 2.22. The summed E-state index contributed by atoms with van der Waals surface area (Å²) in [6.45, 7) is 11.9. The minimum atomic E-state index is 0.533. The van der Waals surface area contributed by atoms with Crippen LogP contribution in [-0.4, -0.2) is 49.8 Å². The largest absolute Gasteiger partial charge is 0.379 e. The highest BCUT2D eigenvalue weighted by Crippen LogP contribution is 2.15. The first-order chi connectivity index (χ1) is 7.52. The molecule has 0 spiro atoms. The van der Waals surface area contributed by atoms with Crippen molar-refractivity contribution in [1.82, 2.24) is 10.2 Å². The predicted molar refractivity (Wildman–Crippen MR) is 68.8 cm³/mol. The minimum Gasteiger partial charge on any atom is -0.379 e. The zero-order chi connectivity index (χ0) is 12.1. The molecule has 16 heavy (non-hydrogen) atoms. The van der Waals surface area contributed by atoms with E-state index in [0.717, 1.165) is 19.8 Å². The van der Waals surface area contributed by atoms with E-state index in [0.29, 0.717) is 24.0 Å². The number of ether oxygens (including phenoxy) is 1. The van der Waals surface area contributed by atoms with Gasteiger partial charge in [-0.3, -0.25) is 0 Å². The van der Waals surface area contributed by atoms with Crippen LogP contribution in [0.3, 0.4) is 0 Å². The Balaban J connectivity index is 2.35. The van der Waals surface area contributed by atoms with Crippen LogP contribution in [0.1, 0.15) is 34.1 Å². The lowest BCUT2D eigenvalue weighted by molar-refractivity contribution is 0.0578. The Labute approximate surface area is 101 Å². The average molecular weight is 228 g/mol.